The zero-order chi connectivity index (χ0) is 11.4. The number of halogens is 1. The van der Waals surface area contributed by atoms with Gasteiger partial charge in [0.1, 0.15) is 0 Å². The number of nitrogens with two attached hydrogens (primary N) is 1. The van der Waals surface area contributed by atoms with Crippen molar-refractivity contribution in [3.63, 3.8) is 0 Å². The topological polar surface area (TPSA) is 50.4 Å². The minimum atomic E-state index is 0.439. The standard InChI is InChI=1S/C11H16BrN3S/c12-9-6-7-16-10(9)11(15-13)14-8-4-2-1-3-5-8/h6-8H,1-5,13H2,(H,14,15). The van der Waals surface area contributed by atoms with Crippen molar-refractivity contribution in [2.24, 2.45) is 10.8 Å². The average Bonchev–Trinajstić information content (AvgIpc) is 2.74. The maximum absolute atomic E-state index is 5.56. The summed E-state index contributed by atoms with van der Waals surface area (Å²) >= 11 is 5.16. The zero-order valence-corrected chi connectivity index (χ0v) is 11.5. The molecule has 1 aliphatic rings. The lowest BCUT2D eigenvalue weighted by atomic mass is 9.96. The van der Waals surface area contributed by atoms with E-state index in [2.05, 4.69) is 21.4 Å². The molecule has 1 saturated carbocycles. The lowest BCUT2D eigenvalue weighted by molar-refractivity contribution is 0.442. The third kappa shape index (κ3) is 2.84. The van der Waals surface area contributed by atoms with Crippen LogP contribution in [-0.4, -0.2) is 11.9 Å². The van der Waals surface area contributed by atoms with E-state index >= 15 is 0 Å². The molecule has 1 heterocycles. The molecule has 1 aliphatic carbocycles. The molecule has 2 rings (SSSR count). The van der Waals surface area contributed by atoms with E-state index in [1.54, 1.807) is 11.3 Å². The number of rotatable bonds is 2. The van der Waals surface area contributed by atoms with Crippen molar-refractivity contribution in [1.29, 1.82) is 0 Å². The van der Waals surface area contributed by atoms with Crippen molar-refractivity contribution in [1.82, 2.24) is 5.43 Å². The largest absolute Gasteiger partial charge is 0.308 e. The highest BCUT2D eigenvalue weighted by atomic mass is 79.9. The van der Waals surface area contributed by atoms with Crippen LogP contribution in [0.2, 0.25) is 0 Å². The van der Waals surface area contributed by atoms with Gasteiger partial charge in [-0.25, -0.2) is 5.84 Å². The number of thiophene rings is 1. The van der Waals surface area contributed by atoms with Gasteiger partial charge in [-0.2, -0.15) is 0 Å². The van der Waals surface area contributed by atoms with Crippen LogP contribution in [0.3, 0.4) is 0 Å². The first kappa shape index (κ1) is 12.1. The Hall–Kier alpha value is -0.390. The van der Waals surface area contributed by atoms with Crippen molar-refractivity contribution in [3.8, 4) is 0 Å². The van der Waals surface area contributed by atoms with E-state index in [1.165, 1.54) is 32.1 Å². The Kier molecular flexibility index (Phi) is 4.37. The molecule has 5 heteroatoms. The van der Waals surface area contributed by atoms with Crippen LogP contribution in [0.1, 0.15) is 37.0 Å². The number of aliphatic imine (C=N–C) groups is 1. The van der Waals surface area contributed by atoms with Crippen molar-refractivity contribution >= 4 is 33.1 Å². The monoisotopic (exact) mass is 301 g/mol. The fraction of sp³-hybridized carbons (Fsp3) is 0.545. The van der Waals surface area contributed by atoms with Crippen LogP contribution in [0.15, 0.2) is 20.9 Å². The maximum atomic E-state index is 5.56. The predicted molar refractivity (Wildman–Crippen MR) is 72.8 cm³/mol. The summed E-state index contributed by atoms with van der Waals surface area (Å²) in [6, 6.07) is 2.46. The van der Waals surface area contributed by atoms with Gasteiger partial charge in [0.2, 0.25) is 0 Å². The normalized spacial score (nSPS) is 18.8. The van der Waals surface area contributed by atoms with Gasteiger partial charge >= 0.3 is 0 Å². The van der Waals surface area contributed by atoms with E-state index in [0.29, 0.717) is 6.04 Å². The summed E-state index contributed by atoms with van der Waals surface area (Å²) < 4.78 is 1.06. The van der Waals surface area contributed by atoms with E-state index in [0.717, 1.165) is 15.2 Å². The molecule has 1 aromatic heterocycles. The number of hydrogen-bond acceptors (Lipinski definition) is 3. The van der Waals surface area contributed by atoms with Crippen LogP contribution in [0.25, 0.3) is 0 Å². The van der Waals surface area contributed by atoms with Crippen LogP contribution < -0.4 is 11.3 Å². The van der Waals surface area contributed by atoms with Crippen LogP contribution >= 0.6 is 27.3 Å². The van der Waals surface area contributed by atoms with Gasteiger partial charge in [0, 0.05) is 4.47 Å². The summed E-state index contributed by atoms with van der Waals surface area (Å²) in [7, 11) is 0. The minimum Gasteiger partial charge on any atom is -0.308 e. The quantitative estimate of drug-likeness (QED) is 0.382. The van der Waals surface area contributed by atoms with Gasteiger partial charge in [-0.3, -0.25) is 4.99 Å². The highest BCUT2D eigenvalue weighted by molar-refractivity contribution is 9.10. The van der Waals surface area contributed by atoms with Gasteiger partial charge in [0.05, 0.1) is 10.9 Å². The van der Waals surface area contributed by atoms with Gasteiger partial charge in [-0.1, -0.05) is 19.3 Å². The number of amidine groups is 1. The first-order valence-electron chi connectivity index (χ1n) is 5.59. The molecule has 88 valence electrons. The fourth-order valence-electron chi connectivity index (χ4n) is 2.02. The van der Waals surface area contributed by atoms with Crippen molar-refractivity contribution in [3.05, 3.63) is 20.8 Å². The van der Waals surface area contributed by atoms with E-state index in [-0.39, 0.29) is 0 Å². The molecule has 3 nitrogen and oxygen atoms in total. The molecule has 0 aliphatic heterocycles. The van der Waals surface area contributed by atoms with Crippen molar-refractivity contribution in [2.45, 2.75) is 38.1 Å². The molecular formula is C11H16BrN3S. The summed E-state index contributed by atoms with van der Waals surface area (Å²) in [5, 5.41) is 2.03. The molecule has 0 bridgehead atoms. The molecule has 1 aromatic rings. The Labute approximate surface area is 108 Å². The second-order valence-electron chi connectivity index (χ2n) is 4.01. The van der Waals surface area contributed by atoms with Gasteiger partial charge in [0.15, 0.2) is 5.84 Å². The predicted octanol–water partition coefficient (Wildman–Crippen LogP) is 3.05. The Bertz CT molecular complexity index is 369. The van der Waals surface area contributed by atoms with E-state index in [1.807, 2.05) is 11.4 Å². The summed E-state index contributed by atoms with van der Waals surface area (Å²) in [4.78, 5) is 5.81. The van der Waals surface area contributed by atoms with Gasteiger partial charge < -0.3 is 5.43 Å². The SMILES string of the molecule is NNC(=NC1CCCCC1)c1sccc1Br. The number of hydrogen-bond donors (Lipinski definition) is 2. The number of hydrazine groups is 1. The molecule has 0 saturated heterocycles. The minimum absolute atomic E-state index is 0.439. The molecule has 3 N–H and O–H groups in total. The lowest BCUT2D eigenvalue weighted by Crippen LogP contribution is -2.32. The van der Waals surface area contributed by atoms with Crippen LogP contribution in [0, 0.1) is 0 Å². The Balaban J connectivity index is 2.15. The molecule has 0 radical (unpaired) electrons. The van der Waals surface area contributed by atoms with E-state index in [9.17, 15) is 0 Å². The Morgan fingerprint density at radius 3 is 2.75 bits per heavy atom. The van der Waals surface area contributed by atoms with E-state index < -0.39 is 0 Å². The van der Waals surface area contributed by atoms with Crippen LogP contribution in [0.5, 0.6) is 0 Å². The molecule has 0 unspecified atom stereocenters. The lowest BCUT2D eigenvalue weighted by Gasteiger charge is -2.18. The Morgan fingerprint density at radius 1 is 1.44 bits per heavy atom. The van der Waals surface area contributed by atoms with Gasteiger partial charge in [0.25, 0.3) is 0 Å². The molecule has 0 amide bonds. The van der Waals surface area contributed by atoms with Crippen molar-refractivity contribution in [2.75, 3.05) is 0 Å². The summed E-state index contributed by atoms with van der Waals surface area (Å²) in [5.74, 6) is 6.37. The molecule has 0 atom stereocenters. The fourth-order valence-corrected chi connectivity index (χ4v) is 3.54. The highest BCUT2D eigenvalue weighted by Gasteiger charge is 2.15. The highest BCUT2D eigenvalue weighted by Crippen LogP contribution is 2.25. The first-order chi connectivity index (χ1) is 7.81. The molecule has 0 spiro atoms. The first-order valence-corrected chi connectivity index (χ1v) is 7.26. The van der Waals surface area contributed by atoms with Crippen molar-refractivity contribution < 1.29 is 0 Å². The van der Waals surface area contributed by atoms with Crippen LogP contribution in [0.4, 0.5) is 0 Å². The summed E-state index contributed by atoms with van der Waals surface area (Å²) in [5.41, 5.74) is 2.72. The molecule has 1 fully saturated rings. The summed E-state index contributed by atoms with van der Waals surface area (Å²) in [6.07, 6.45) is 6.30. The second kappa shape index (κ2) is 5.80. The van der Waals surface area contributed by atoms with Gasteiger partial charge in [-0.15, -0.1) is 11.3 Å². The number of nitrogens with zero attached hydrogens (tertiary/aromatic N) is 1. The maximum Gasteiger partial charge on any atom is 0.154 e. The molecule has 0 aromatic carbocycles. The third-order valence-electron chi connectivity index (χ3n) is 2.86. The summed E-state index contributed by atoms with van der Waals surface area (Å²) in [6.45, 7) is 0. The zero-order valence-electron chi connectivity index (χ0n) is 9.08. The molecule has 16 heavy (non-hydrogen) atoms. The molecular weight excluding hydrogens is 286 g/mol. The second-order valence-corrected chi connectivity index (χ2v) is 5.78. The third-order valence-corrected chi connectivity index (χ3v) is 4.70. The average molecular weight is 302 g/mol. The Morgan fingerprint density at radius 2 is 2.19 bits per heavy atom. The van der Waals surface area contributed by atoms with Crippen LogP contribution in [-0.2, 0) is 0 Å². The smallest absolute Gasteiger partial charge is 0.154 e. The van der Waals surface area contributed by atoms with Gasteiger partial charge in [-0.05, 0) is 40.2 Å². The number of nitrogens with one attached hydrogen (secondary N) is 1. The van der Waals surface area contributed by atoms with E-state index in [4.69, 9.17) is 10.8 Å².